The first-order valence-corrected chi connectivity index (χ1v) is 8.59. The summed E-state index contributed by atoms with van der Waals surface area (Å²) in [6, 6.07) is 3.21. The van der Waals surface area contributed by atoms with Crippen LogP contribution in [-0.2, 0) is 14.4 Å². The molecule has 0 aromatic heterocycles. The van der Waals surface area contributed by atoms with E-state index in [1.165, 1.54) is 40.9 Å². The van der Waals surface area contributed by atoms with E-state index < -0.39 is 46.0 Å². The van der Waals surface area contributed by atoms with Crippen molar-refractivity contribution in [1.82, 2.24) is 10.2 Å². The maximum atomic E-state index is 12.3. The van der Waals surface area contributed by atoms with Gasteiger partial charge < -0.3 is 26.2 Å². The second-order valence-electron chi connectivity index (χ2n) is 6.65. The monoisotopic (exact) mass is 819 g/mol. The number of carboxylic acids is 1. The van der Waals surface area contributed by atoms with E-state index in [0.29, 0.717) is 5.56 Å². The average Bonchev–Trinajstić information content (AvgIpc) is 2.80. The summed E-state index contributed by atoms with van der Waals surface area (Å²) in [6.07, 6.45) is 0. The van der Waals surface area contributed by atoms with Crippen LogP contribution in [0, 0.1) is 88.1 Å². The fraction of sp³-hybridized carbons (Fsp3) is 0.438. The summed E-state index contributed by atoms with van der Waals surface area (Å²) in [7, 11) is 0. The van der Waals surface area contributed by atoms with Gasteiger partial charge >= 0.3 is 5.97 Å². The molecule has 1 aromatic rings. The molecule has 4 atom stereocenters. The molecule has 0 bridgehead atoms. The number of nitrogens with two attached hydrogens (primary N) is 1. The molecular formula is C16H19Ac2N3O5S. The zero-order chi connectivity index (χ0) is 18.5. The van der Waals surface area contributed by atoms with Crippen molar-refractivity contribution in [2.45, 2.75) is 42.1 Å². The first kappa shape index (κ1) is 25.7. The molecule has 2 aliphatic rings. The van der Waals surface area contributed by atoms with E-state index in [-0.39, 0.29) is 93.9 Å². The third-order valence-electron chi connectivity index (χ3n) is 4.51. The van der Waals surface area contributed by atoms with Crippen molar-refractivity contribution in [3.05, 3.63) is 29.8 Å². The van der Waals surface area contributed by atoms with Gasteiger partial charge in [-0.1, -0.05) is 12.1 Å². The van der Waals surface area contributed by atoms with Crippen LogP contribution in [0.3, 0.4) is 0 Å². The zero-order valence-corrected chi connectivity index (χ0v) is 25.1. The van der Waals surface area contributed by atoms with Crippen LogP contribution in [0.2, 0.25) is 0 Å². The summed E-state index contributed by atoms with van der Waals surface area (Å²) in [5, 5.41) is 20.9. The van der Waals surface area contributed by atoms with E-state index in [0.717, 1.165) is 0 Å². The summed E-state index contributed by atoms with van der Waals surface area (Å²) in [5.41, 5.74) is 6.41. The predicted molar refractivity (Wildman–Crippen MR) is 90.7 cm³/mol. The molecule has 2 fully saturated rings. The molecule has 2 saturated heterocycles. The van der Waals surface area contributed by atoms with Crippen molar-refractivity contribution in [3.8, 4) is 5.75 Å². The van der Waals surface area contributed by atoms with Crippen molar-refractivity contribution in [3.63, 3.8) is 0 Å². The number of benzene rings is 1. The Bertz CT molecular complexity index is 746. The number of carboxylic acid groups (broad SMARTS) is 1. The summed E-state index contributed by atoms with van der Waals surface area (Å²) in [6.45, 7) is 3.53. The van der Waals surface area contributed by atoms with Crippen molar-refractivity contribution >= 4 is 29.5 Å². The molecule has 0 aliphatic carbocycles. The summed E-state index contributed by atoms with van der Waals surface area (Å²) < 4.78 is -0.648. The first-order chi connectivity index (χ1) is 11.6. The van der Waals surface area contributed by atoms with E-state index >= 15 is 0 Å². The first-order valence-electron chi connectivity index (χ1n) is 7.71. The van der Waals surface area contributed by atoms with Gasteiger partial charge in [0.2, 0.25) is 11.8 Å². The fourth-order valence-electron chi connectivity index (χ4n) is 3.22. The SMILES string of the molecule is CC1(C)SC2C(NC(=O)[C@H](N)c3ccc(O)cc3)C(=O)N2[C@@H]1C(=O)O.[Ac].[Ac]. The molecule has 140 valence electrons. The minimum atomic E-state index is -1.06. The number of carbonyl (C=O) groups excluding carboxylic acids is 2. The van der Waals surface area contributed by atoms with E-state index in [9.17, 15) is 24.6 Å². The largest absolute Gasteiger partial charge is 0.508 e. The van der Waals surface area contributed by atoms with Crippen LogP contribution in [-0.4, -0.2) is 55.1 Å². The number of thioether (sulfide) groups is 1. The molecule has 2 amide bonds. The number of aromatic hydroxyl groups is 1. The summed E-state index contributed by atoms with van der Waals surface area (Å²) in [4.78, 5) is 37.5. The number of hydrogen-bond acceptors (Lipinski definition) is 6. The molecule has 1 aromatic carbocycles. The number of amides is 2. The van der Waals surface area contributed by atoms with Crippen molar-refractivity contribution in [1.29, 1.82) is 0 Å². The van der Waals surface area contributed by atoms with Gasteiger partial charge in [-0.2, -0.15) is 0 Å². The number of phenols is 1. The number of rotatable bonds is 4. The van der Waals surface area contributed by atoms with Gasteiger partial charge in [-0.05, 0) is 31.5 Å². The Morgan fingerprint density at radius 2 is 1.81 bits per heavy atom. The molecule has 3 rings (SSSR count). The van der Waals surface area contributed by atoms with Crippen molar-refractivity contribution in [2.75, 3.05) is 0 Å². The molecule has 2 unspecified atom stereocenters. The summed E-state index contributed by atoms with van der Waals surface area (Å²) in [5.74, 6) is -1.94. The number of nitrogens with one attached hydrogen (secondary N) is 1. The quantitative estimate of drug-likeness (QED) is 0.316. The molecule has 8 nitrogen and oxygen atoms in total. The zero-order valence-electron chi connectivity index (χ0n) is 14.8. The Morgan fingerprint density at radius 1 is 1.26 bits per heavy atom. The fourth-order valence-corrected chi connectivity index (χ4v) is 4.85. The third-order valence-corrected chi connectivity index (χ3v) is 6.08. The molecule has 5 N–H and O–H groups in total. The molecular weight excluding hydrogens is 800 g/mol. The molecule has 2 aliphatic heterocycles. The van der Waals surface area contributed by atoms with Crippen LogP contribution in [0.5, 0.6) is 5.75 Å². The van der Waals surface area contributed by atoms with Gasteiger partial charge in [-0.3, -0.25) is 9.59 Å². The Hall–Kier alpha value is 0.623. The van der Waals surface area contributed by atoms with Gasteiger partial charge in [-0.15, -0.1) is 11.8 Å². The van der Waals surface area contributed by atoms with Crippen LogP contribution >= 0.6 is 11.8 Å². The van der Waals surface area contributed by atoms with Gasteiger partial charge in [0.15, 0.2) is 0 Å². The van der Waals surface area contributed by atoms with E-state index in [2.05, 4.69) is 5.32 Å². The van der Waals surface area contributed by atoms with E-state index in [1.54, 1.807) is 13.8 Å². The number of β-lactam (4-membered cyclic amide) rings is 1. The molecule has 2 heterocycles. The molecule has 0 saturated carbocycles. The minimum Gasteiger partial charge on any atom is -0.508 e. The topological polar surface area (TPSA) is 133 Å². The molecule has 2 radical (unpaired) electrons. The van der Waals surface area contributed by atoms with E-state index in [4.69, 9.17) is 5.73 Å². The maximum Gasteiger partial charge on any atom is 0.327 e. The van der Waals surface area contributed by atoms with Gasteiger partial charge in [-0.25, -0.2) is 4.79 Å². The Labute approximate surface area is 232 Å². The number of nitrogens with zero attached hydrogens (tertiary/aromatic N) is 1. The normalized spacial score (nSPS) is 26.0. The number of phenolic OH excluding ortho intramolecular Hbond substituents is 1. The Morgan fingerprint density at radius 3 is 2.33 bits per heavy atom. The number of aliphatic carboxylic acids is 1. The van der Waals surface area contributed by atoms with Crippen LogP contribution in [0.15, 0.2) is 24.3 Å². The summed E-state index contributed by atoms with van der Waals surface area (Å²) >= 11 is 1.35. The van der Waals surface area contributed by atoms with Gasteiger partial charge in [0.05, 0.1) is 0 Å². The predicted octanol–water partition coefficient (Wildman–Crippen LogP) is 0.0237. The second-order valence-corrected chi connectivity index (χ2v) is 8.42. The van der Waals surface area contributed by atoms with E-state index in [1.807, 2.05) is 0 Å². The Kier molecular flexibility index (Phi) is 9.14. The Balaban J connectivity index is 0.00000182. The smallest absolute Gasteiger partial charge is 0.327 e. The van der Waals surface area contributed by atoms with Gasteiger partial charge in [0.1, 0.15) is 29.2 Å². The van der Waals surface area contributed by atoms with Crippen LogP contribution in [0.4, 0.5) is 0 Å². The number of fused-ring (bicyclic) bond motifs is 1. The average molecular weight is 819 g/mol. The molecule has 27 heavy (non-hydrogen) atoms. The minimum absolute atomic E-state index is 0. The van der Waals surface area contributed by atoms with Crippen molar-refractivity contribution < 1.29 is 113 Å². The van der Waals surface area contributed by atoms with Crippen molar-refractivity contribution in [2.24, 2.45) is 5.73 Å². The molecule has 0 spiro atoms. The van der Waals surface area contributed by atoms with Crippen LogP contribution < -0.4 is 11.1 Å². The maximum absolute atomic E-state index is 12.3. The van der Waals surface area contributed by atoms with Crippen LogP contribution in [0.25, 0.3) is 0 Å². The molecule has 11 heteroatoms. The second kappa shape index (κ2) is 9.62. The van der Waals surface area contributed by atoms with Gasteiger partial charge in [0.25, 0.3) is 0 Å². The number of hydrogen-bond donors (Lipinski definition) is 4. The standard InChI is InChI=1S/C16H19N3O5S.2Ac/c1-16(2)11(15(23)24)19-13(22)10(14(19)25-16)18-12(21)9(17)7-3-5-8(20)6-4-7;;/h3-6,9-11,14,20H,17H2,1-2H3,(H,18,21)(H,23,24);;/t9-,10?,11-,14?;;/m1../s1. The van der Waals surface area contributed by atoms with Gasteiger partial charge in [0, 0.05) is 92.9 Å². The number of carbonyl (C=O) groups is 3. The van der Waals surface area contributed by atoms with Crippen LogP contribution in [0.1, 0.15) is 25.5 Å². The third kappa shape index (κ3) is 4.86.